The Kier molecular flexibility index (Phi) is 14.6. The van der Waals surface area contributed by atoms with Crippen LogP contribution in [0.5, 0.6) is 0 Å². The Morgan fingerprint density at radius 3 is 1.40 bits per heavy atom. The molecule has 1 aliphatic rings. The molecule has 1 saturated carbocycles. The minimum absolute atomic E-state index is 0.347. The molecule has 0 heterocycles. The van der Waals surface area contributed by atoms with Crippen LogP contribution in [-0.4, -0.2) is 25.3 Å². The normalized spacial score (nSPS) is 13.6. The van der Waals surface area contributed by atoms with Gasteiger partial charge in [-0.05, 0) is 6.92 Å². The van der Waals surface area contributed by atoms with Gasteiger partial charge < -0.3 is 9.84 Å². The Labute approximate surface area is 93.1 Å². The Hall–Kier alpha value is -0.830. The third kappa shape index (κ3) is 13.2. The minimum Gasteiger partial charge on any atom is -0.466 e. The van der Waals surface area contributed by atoms with Crippen molar-refractivity contribution < 1.29 is 14.6 Å². The van der Waals surface area contributed by atoms with Crippen LogP contribution < -0.4 is 0 Å². The molecule has 3 nitrogen and oxygen atoms in total. The largest absolute Gasteiger partial charge is 0.466 e. The van der Waals surface area contributed by atoms with Gasteiger partial charge in [0, 0.05) is 12.7 Å². The van der Waals surface area contributed by atoms with Crippen molar-refractivity contribution in [1.82, 2.24) is 0 Å². The predicted octanol–water partition coefficient (Wildman–Crippen LogP) is 2.68. The number of carbonyl (C=O) groups excluding carboxylic acids is 1. The number of rotatable bonds is 1. The molecular weight excluding hydrogens is 192 g/mol. The number of hydrogen-bond acceptors (Lipinski definition) is 3. The van der Waals surface area contributed by atoms with E-state index in [2.05, 4.69) is 11.3 Å². The molecule has 1 fully saturated rings. The Balaban J connectivity index is 0. The fraction of sp³-hybridized carbons (Fsp3) is 0.750. The van der Waals surface area contributed by atoms with Crippen LogP contribution in [0.1, 0.15) is 45.4 Å². The molecule has 0 unspecified atom stereocenters. The number of methoxy groups -OCH3 is 1. The Bertz CT molecular complexity index is 149. The van der Waals surface area contributed by atoms with Crippen LogP contribution in [-0.2, 0) is 9.53 Å². The lowest BCUT2D eigenvalue weighted by atomic mass is 10.0. The zero-order chi connectivity index (χ0) is 12.1. The molecule has 0 atom stereocenters. The average Bonchev–Trinajstić information content (AvgIpc) is 2.33. The number of hydrogen-bond donors (Lipinski definition) is 1. The quantitative estimate of drug-likeness (QED) is 0.541. The third-order valence-corrected chi connectivity index (χ3v) is 2.03. The standard InChI is InChI=1S/C6H12.C5H8O2.CH4O/c1-2-4-6-5-3-1;1-4(2)5(6)7-3;1-2/h1-6H2;1H2,2-3H3;2H,1H3. The van der Waals surface area contributed by atoms with Crippen LogP contribution in [0, 0.1) is 0 Å². The lowest BCUT2D eigenvalue weighted by Gasteiger charge is -2.05. The van der Waals surface area contributed by atoms with Crippen molar-refractivity contribution in [2.45, 2.75) is 45.4 Å². The molecule has 0 aromatic rings. The average molecular weight is 216 g/mol. The molecule has 0 bridgehead atoms. The highest BCUT2D eigenvalue weighted by atomic mass is 16.5. The van der Waals surface area contributed by atoms with E-state index >= 15 is 0 Å². The van der Waals surface area contributed by atoms with E-state index in [1.165, 1.54) is 45.6 Å². The molecule has 0 aliphatic heterocycles. The Morgan fingerprint density at radius 1 is 1.07 bits per heavy atom. The maximum Gasteiger partial charge on any atom is 0.332 e. The highest BCUT2D eigenvalue weighted by Gasteiger charge is 1.96. The molecular formula is C12H24O3. The summed E-state index contributed by atoms with van der Waals surface area (Å²) in [6.07, 6.45) is 9.00. The lowest BCUT2D eigenvalue weighted by Crippen LogP contribution is -1.98. The van der Waals surface area contributed by atoms with Crippen LogP contribution in [0.15, 0.2) is 12.2 Å². The smallest absolute Gasteiger partial charge is 0.332 e. The molecule has 0 saturated heterocycles. The molecule has 90 valence electrons. The van der Waals surface area contributed by atoms with E-state index in [4.69, 9.17) is 5.11 Å². The van der Waals surface area contributed by atoms with E-state index in [-0.39, 0.29) is 5.97 Å². The summed E-state index contributed by atoms with van der Waals surface area (Å²) < 4.78 is 4.27. The molecule has 1 aliphatic carbocycles. The summed E-state index contributed by atoms with van der Waals surface area (Å²) in [7, 11) is 2.33. The van der Waals surface area contributed by atoms with Crippen molar-refractivity contribution in [2.24, 2.45) is 0 Å². The SMILES string of the molecule is C1CCCCC1.C=C(C)C(=O)OC.CO. The van der Waals surface area contributed by atoms with E-state index in [1.54, 1.807) is 6.92 Å². The second-order valence-corrected chi connectivity index (χ2v) is 3.39. The molecule has 15 heavy (non-hydrogen) atoms. The van der Waals surface area contributed by atoms with Gasteiger partial charge in [0.1, 0.15) is 0 Å². The van der Waals surface area contributed by atoms with Crippen molar-refractivity contribution in [3.05, 3.63) is 12.2 Å². The fourth-order valence-electron chi connectivity index (χ4n) is 1.23. The van der Waals surface area contributed by atoms with Gasteiger partial charge in [0.25, 0.3) is 0 Å². The first-order valence-electron chi connectivity index (χ1n) is 5.37. The summed E-state index contributed by atoms with van der Waals surface area (Å²) in [6.45, 7) is 4.95. The van der Waals surface area contributed by atoms with Crippen LogP contribution in [0.2, 0.25) is 0 Å². The van der Waals surface area contributed by atoms with Gasteiger partial charge in [-0.25, -0.2) is 4.79 Å². The van der Waals surface area contributed by atoms with Gasteiger partial charge in [0.15, 0.2) is 0 Å². The van der Waals surface area contributed by atoms with Crippen LogP contribution in [0.3, 0.4) is 0 Å². The second-order valence-electron chi connectivity index (χ2n) is 3.39. The summed E-state index contributed by atoms with van der Waals surface area (Å²) in [5.41, 5.74) is 0.433. The van der Waals surface area contributed by atoms with Gasteiger partial charge in [-0.1, -0.05) is 45.1 Å². The van der Waals surface area contributed by atoms with Crippen LogP contribution >= 0.6 is 0 Å². The molecule has 1 rings (SSSR count). The van der Waals surface area contributed by atoms with Crippen molar-refractivity contribution in [3.8, 4) is 0 Å². The van der Waals surface area contributed by atoms with Crippen LogP contribution in [0.4, 0.5) is 0 Å². The zero-order valence-electron chi connectivity index (χ0n) is 10.2. The lowest BCUT2D eigenvalue weighted by molar-refractivity contribution is -0.136. The first kappa shape index (κ1) is 16.6. The topological polar surface area (TPSA) is 46.5 Å². The van der Waals surface area contributed by atoms with E-state index in [1.807, 2.05) is 0 Å². The van der Waals surface area contributed by atoms with Crippen molar-refractivity contribution in [1.29, 1.82) is 0 Å². The number of aliphatic hydroxyl groups excluding tert-OH is 1. The fourth-order valence-corrected chi connectivity index (χ4v) is 1.23. The summed E-state index contributed by atoms with van der Waals surface area (Å²) in [5.74, 6) is -0.347. The van der Waals surface area contributed by atoms with Gasteiger partial charge in [-0.2, -0.15) is 0 Å². The number of ether oxygens (including phenoxy) is 1. The maximum absolute atomic E-state index is 10.2. The minimum atomic E-state index is -0.347. The zero-order valence-corrected chi connectivity index (χ0v) is 10.2. The van der Waals surface area contributed by atoms with Gasteiger partial charge in [-0.15, -0.1) is 0 Å². The van der Waals surface area contributed by atoms with Gasteiger partial charge in [0.2, 0.25) is 0 Å². The van der Waals surface area contributed by atoms with E-state index in [9.17, 15) is 4.79 Å². The number of aliphatic hydroxyl groups is 1. The maximum atomic E-state index is 10.2. The predicted molar refractivity (Wildman–Crippen MR) is 62.7 cm³/mol. The summed E-state index contributed by atoms with van der Waals surface area (Å²) in [4.78, 5) is 10.2. The van der Waals surface area contributed by atoms with Gasteiger partial charge in [0.05, 0.1) is 7.11 Å². The Morgan fingerprint density at radius 2 is 1.33 bits per heavy atom. The van der Waals surface area contributed by atoms with Gasteiger partial charge >= 0.3 is 5.97 Å². The van der Waals surface area contributed by atoms with Crippen LogP contribution in [0.25, 0.3) is 0 Å². The van der Waals surface area contributed by atoms with Crippen molar-refractivity contribution in [2.75, 3.05) is 14.2 Å². The third-order valence-electron chi connectivity index (χ3n) is 2.03. The highest BCUT2D eigenvalue weighted by Crippen LogP contribution is 2.15. The molecule has 0 aromatic carbocycles. The second kappa shape index (κ2) is 13.2. The molecule has 3 heteroatoms. The first-order chi connectivity index (χ1) is 7.18. The monoisotopic (exact) mass is 216 g/mol. The number of carbonyl (C=O) groups is 1. The molecule has 0 amide bonds. The van der Waals surface area contributed by atoms with E-state index in [0.717, 1.165) is 7.11 Å². The molecule has 0 aromatic heterocycles. The first-order valence-corrected chi connectivity index (χ1v) is 5.37. The van der Waals surface area contributed by atoms with E-state index < -0.39 is 0 Å². The van der Waals surface area contributed by atoms with E-state index in [0.29, 0.717) is 5.57 Å². The van der Waals surface area contributed by atoms with Crippen molar-refractivity contribution in [3.63, 3.8) is 0 Å². The summed E-state index contributed by atoms with van der Waals surface area (Å²) in [6, 6.07) is 0. The van der Waals surface area contributed by atoms with Gasteiger partial charge in [-0.3, -0.25) is 0 Å². The number of esters is 1. The van der Waals surface area contributed by atoms with Crippen molar-refractivity contribution >= 4 is 5.97 Å². The molecule has 0 spiro atoms. The molecule has 0 radical (unpaired) electrons. The summed E-state index contributed by atoms with van der Waals surface area (Å²) in [5, 5.41) is 7.00. The summed E-state index contributed by atoms with van der Waals surface area (Å²) >= 11 is 0. The molecule has 1 N–H and O–H groups in total. The highest BCUT2D eigenvalue weighted by molar-refractivity contribution is 5.86.